The average molecular weight is 281 g/mol. The molecule has 0 spiro atoms. The van der Waals surface area contributed by atoms with E-state index in [1.54, 1.807) is 30.5 Å². The zero-order chi connectivity index (χ0) is 13.9. The molecule has 6 nitrogen and oxygen atoms in total. The van der Waals surface area contributed by atoms with Crippen LogP contribution in [-0.4, -0.2) is 25.7 Å². The maximum atomic E-state index is 12.2. The Kier molecular flexibility index (Phi) is 3.87. The number of rotatable bonds is 5. The van der Waals surface area contributed by atoms with Gasteiger partial charge in [-0.3, -0.25) is 5.10 Å². The van der Waals surface area contributed by atoms with Gasteiger partial charge in [0.15, 0.2) is 0 Å². The molecule has 0 saturated carbocycles. The van der Waals surface area contributed by atoms with Crippen molar-refractivity contribution in [2.75, 3.05) is 7.11 Å². The molecule has 19 heavy (non-hydrogen) atoms. The van der Waals surface area contributed by atoms with Gasteiger partial charge < -0.3 is 4.74 Å². The Morgan fingerprint density at radius 3 is 2.79 bits per heavy atom. The number of hydrogen-bond acceptors (Lipinski definition) is 4. The van der Waals surface area contributed by atoms with Crippen LogP contribution in [0.3, 0.4) is 0 Å². The summed E-state index contributed by atoms with van der Waals surface area (Å²) in [5.41, 5.74) is 1.54. The van der Waals surface area contributed by atoms with Crippen LogP contribution in [0.1, 0.15) is 11.3 Å². The Hall–Kier alpha value is -1.86. The zero-order valence-electron chi connectivity index (χ0n) is 10.7. The number of sulfonamides is 1. The van der Waals surface area contributed by atoms with E-state index in [1.165, 1.54) is 7.11 Å². The standard InChI is InChI=1S/C12H15N3O3S/c1-9-3-4-11(18-2)12(7-9)19(16,17)14-8-10-5-6-13-15-10/h3-7,14H,8H2,1-2H3,(H,13,15). The van der Waals surface area contributed by atoms with E-state index in [9.17, 15) is 8.42 Å². The highest BCUT2D eigenvalue weighted by Gasteiger charge is 2.19. The predicted octanol–water partition coefficient (Wildman–Crippen LogP) is 1.21. The molecule has 102 valence electrons. The Balaban J connectivity index is 2.26. The van der Waals surface area contributed by atoms with Crippen LogP contribution in [0.2, 0.25) is 0 Å². The smallest absolute Gasteiger partial charge is 0.244 e. The van der Waals surface area contributed by atoms with Crippen LogP contribution in [-0.2, 0) is 16.6 Å². The van der Waals surface area contributed by atoms with Crippen molar-refractivity contribution in [2.24, 2.45) is 0 Å². The summed E-state index contributed by atoms with van der Waals surface area (Å²) in [4.78, 5) is 0.134. The highest BCUT2D eigenvalue weighted by atomic mass is 32.2. The summed E-state index contributed by atoms with van der Waals surface area (Å²) in [7, 11) is -2.18. The van der Waals surface area contributed by atoms with Crippen LogP contribution >= 0.6 is 0 Å². The number of nitrogens with zero attached hydrogens (tertiary/aromatic N) is 1. The molecule has 0 fully saturated rings. The van der Waals surface area contributed by atoms with E-state index < -0.39 is 10.0 Å². The van der Waals surface area contributed by atoms with E-state index in [4.69, 9.17) is 4.74 Å². The zero-order valence-corrected chi connectivity index (χ0v) is 11.5. The molecule has 1 heterocycles. The number of H-pyrrole nitrogens is 1. The molecule has 0 amide bonds. The summed E-state index contributed by atoms with van der Waals surface area (Å²) in [5, 5.41) is 6.45. The summed E-state index contributed by atoms with van der Waals surface area (Å²) < 4.78 is 32.1. The fourth-order valence-electron chi connectivity index (χ4n) is 1.63. The van der Waals surface area contributed by atoms with E-state index in [0.29, 0.717) is 11.4 Å². The van der Waals surface area contributed by atoms with Crippen LogP contribution < -0.4 is 9.46 Å². The van der Waals surface area contributed by atoms with E-state index in [1.807, 2.05) is 6.92 Å². The van der Waals surface area contributed by atoms with Crippen molar-refractivity contribution in [1.29, 1.82) is 0 Å². The largest absolute Gasteiger partial charge is 0.495 e. The molecule has 0 unspecified atom stereocenters. The van der Waals surface area contributed by atoms with E-state index in [-0.39, 0.29) is 11.4 Å². The number of aromatic amines is 1. The highest BCUT2D eigenvalue weighted by molar-refractivity contribution is 7.89. The van der Waals surface area contributed by atoms with Gasteiger partial charge >= 0.3 is 0 Å². The number of ether oxygens (including phenoxy) is 1. The van der Waals surface area contributed by atoms with Crippen molar-refractivity contribution in [3.63, 3.8) is 0 Å². The van der Waals surface area contributed by atoms with E-state index >= 15 is 0 Å². The molecular formula is C12H15N3O3S. The molecule has 1 aromatic heterocycles. The minimum absolute atomic E-state index is 0.134. The lowest BCUT2D eigenvalue weighted by Crippen LogP contribution is -2.24. The molecule has 1 aromatic carbocycles. The third-order valence-electron chi connectivity index (χ3n) is 2.62. The van der Waals surface area contributed by atoms with Crippen molar-refractivity contribution in [3.05, 3.63) is 41.7 Å². The Morgan fingerprint density at radius 1 is 1.37 bits per heavy atom. The molecule has 0 aliphatic carbocycles. The molecule has 0 radical (unpaired) electrons. The van der Waals surface area contributed by atoms with Crippen LogP contribution in [0, 0.1) is 6.92 Å². The second-order valence-electron chi connectivity index (χ2n) is 4.06. The maximum Gasteiger partial charge on any atom is 0.244 e. The fourth-order valence-corrected chi connectivity index (χ4v) is 2.89. The van der Waals surface area contributed by atoms with Crippen molar-refractivity contribution in [1.82, 2.24) is 14.9 Å². The summed E-state index contributed by atoms with van der Waals surface area (Å²) >= 11 is 0. The Labute approximate surface area is 111 Å². The molecular weight excluding hydrogens is 266 g/mol. The first-order valence-corrected chi connectivity index (χ1v) is 7.14. The van der Waals surface area contributed by atoms with E-state index in [0.717, 1.165) is 5.56 Å². The van der Waals surface area contributed by atoms with Gasteiger partial charge in [-0.1, -0.05) is 6.07 Å². The molecule has 2 N–H and O–H groups in total. The van der Waals surface area contributed by atoms with Gasteiger partial charge in [0.2, 0.25) is 10.0 Å². The predicted molar refractivity (Wildman–Crippen MR) is 70.3 cm³/mol. The first-order valence-electron chi connectivity index (χ1n) is 5.65. The molecule has 0 aliphatic heterocycles. The van der Waals surface area contributed by atoms with E-state index in [2.05, 4.69) is 14.9 Å². The number of benzene rings is 1. The van der Waals surface area contributed by atoms with Gasteiger partial charge in [0, 0.05) is 6.20 Å². The monoisotopic (exact) mass is 281 g/mol. The van der Waals surface area contributed by atoms with Crippen molar-refractivity contribution in [2.45, 2.75) is 18.4 Å². The lowest BCUT2D eigenvalue weighted by molar-refractivity contribution is 0.402. The summed E-state index contributed by atoms with van der Waals surface area (Å²) in [5.74, 6) is 0.322. The SMILES string of the molecule is COc1ccc(C)cc1S(=O)(=O)NCc1ccn[nH]1. The van der Waals surface area contributed by atoms with Crippen LogP contribution in [0.25, 0.3) is 0 Å². The second-order valence-corrected chi connectivity index (χ2v) is 5.80. The Morgan fingerprint density at radius 2 is 2.16 bits per heavy atom. The summed E-state index contributed by atoms with van der Waals surface area (Å²) in [6, 6.07) is 6.72. The first kappa shape index (κ1) is 13.6. The van der Waals surface area contributed by atoms with Crippen LogP contribution in [0.15, 0.2) is 35.4 Å². The molecule has 0 bridgehead atoms. The minimum Gasteiger partial charge on any atom is -0.495 e. The highest BCUT2D eigenvalue weighted by Crippen LogP contribution is 2.24. The van der Waals surface area contributed by atoms with Crippen LogP contribution in [0.4, 0.5) is 0 Å². The number of aromatic nitrogens is 2. The second kappa shape index (κ2) is 5.41. The first-order chi connectivity index (χ1) is 9.03. The molecule has 0 saturated heterocycles. The third-order valence-corrected chi connectivity index (χ3v) is 4.04. The summed E-state index contributed by atoms with van der Waals surface area (Å²) in [6.07, 6.45) is 1.57. The lowest BCUT2D eigenvalue weighted by Gasteiger charge is -2.11. The Bertz CT molecular complexity index is 651. The average Bonchev–Trinajstić information content (AvgIpc) is 2.89. The topological polar surface area (TPSA) is 84.1 Å². The van der Waals surface area contributed by atoms with Crippen molar-refractivity contribution in [3.8, 4) is 5.75 Å². The molecule has 0 atom stereocenters. The fraction of sp³-hybridized carbons (Fsp3) is 0.250. The third kappa shape index (κ3) is 3.12. The summed E-state index contributed by atoms with van der Waals surface area (Å²) in [6.45, 7) is 1.98. The molecule has 0 aliphatic rings. The van der Waals surface area contributed by atoms with Gasteiger partial charge in [0.25, 0.3) is 0 Å². The van der Waals surface area contributed by atoms with Gasteiger partial charge in [-0.15, -0.1) is 0 Å². The van der Waals surface area contributed by atoms with Gasteiger partial charge in [-0.05, 0) is 30.7 Å². The molecule has 2 rings (SSSR count). The molecule has 7 heteroatoms. The lowest BCUT2D eigenvalue weighted by atomic mass is 10.2. The van der Waals surface area contributed by atoms with Gasteiger partial charge in [0.05, 0.1) is 19.3 Å². The number of nitrogens with one attached hydrogen (secondary N) is 2. The quantitative estimate of drug-likeness (QED) is 0.862. The van der Waals surface area contributed by atoms with Crippen molar-refractivity contribution >= 4 is 10.0 Å². The van der Waals surface area contributed by atoms with Crippen molar-refractivity contribution < 1.29 is 13.2 Å². The molecule has 2 aromatic rings. The number of hydrogen-bond donors (Lipinski definition) is 2. The van der Waals surface area contributed by atoms with Gasteiger partial charge in [-0.2, -0.15) is 5.10 Å². The number of aryl methyl sites for hydroxylation is 1. The van der Waals surface area contributed by atoms with Gasteiger partial charge in [-0.25, -0.2) is 13.1 Å². The van der Waals surface area contributed by atoms with Crippen LogP contribution in [0.5, 0.6) is 5.75 Å². The van der Waals surface area contributed by atoms with Gasteiger partial charge in [0.1, 0.15) is 10.6 Å². The normalized spacial score (nSPS) is 11.5. The maximum absolute atomic E-state index is 12.2. The number of methoxy groups -OCH3 is 1. The minimum atomic E-state index is -3.62.